The molecule has 1 aliphatic heterocycles. The Morgan fingerprint density at radius 2 is 1.61 bits per heavy atom. The highest BCUT2D eigenvalue weighted by Crippen LogP contribution is 2.39. The molecule has 0 saturated heterocycles. The summed E-state index contributed by atoms with van der Waals surface area (Å²) in [5.41, 5.74) is 3.94. The molecule has 0 bridgehead atoms. The predicted molar refractivity (Wildman–Crippen MR) is 134 cm³/mol. The fourth-order valence-corrected chi connectivity index (χ4v) is 4.78. The summed E-state index contributed by atoms with van der Waals surface area (Å²) in [7, 11) is 3.14. The van der Waals surface area contributed by atoms with E-state index in [1.54, 1.807) is 43.4 Å². The maximum absolute atomic E-state index is 13.7. The molecule has 6 nitrogen and oxygen atoms in total. The number of benzene rings is 3. The van der Waals surface area contributed by atoms with Gasteiger partial charge in [0.25, 0.3) is 5.91 Å². The maximum atomic E-state index is 13.7. The molecule has 36 heavy (non-hydrogen) atoms. The number of fused-ring (bicyclic) bond motifs is 2. The number of nitrogens with zero attached hydrogens (tertiary/aromatic N) is 1. The first-order valence-electron chi connectivity index (χ1n) is 11.7. The molecule has 0 radical (unpaired) electrons. The molecule has 0 spiro atoms. The molecule has 1 atom stereocenters. The van der Waals surface area contributed by atoms with Crippen LogP contribution < -0.4 is 14.9 Å². The van der Waals surface area contributed by atoms with Gasteiger partial charge in [-0.05, 0) is 78.9 Å². The van der Waals surface area contributed by atoms with Gasteiger partial charge in [-0.3, -0.25) is 9.59 Å². The van der Waals surface area contributed by atoms with Gasteiger partial charge < -0.3 is 18.8 Å². The van der Waals surface area contributed by atoms with Crippen molar-refractivity contribution in [1.29, 1.82) is 0 Å². The first kappa shape index (κ1) is 23.6. The van der Waals surface area contributed by atoms with Crippen LogP contribution in [0.2, 0.25) is 0 Å². The van der Waals surface area contributed by atoms with E-state index in [0.717, 1.165) is 16.7 Å². The third kappa shape index (κ3) is 3.90. The van der Waals surface area contributed by atoms with Crippen LogP contribution in [-0.2, 0) is 6.42 Å². The molecule has 3 aromatic carbocycles. The average Bonchev–Trinajstić information content (AvgIpc) is 3.16. The van der Waals surface area contributed by atoms with Crippen molar-refractivity contribution in [2.24, 2.45) is 0 Å². The lowest BCUT2D eigenvalue weighted by atomic mass is 9.97. The smallest absolute Gasteiger partial charge is 0.290 e. The van der Waals surface area contributed by atoms with Gasteiger partial charge in [0.1, 0.15) is 11.4 Å². The number of aryl methyl sites for hydroxylation is 2. The highest BCUT2D eigenvalue weighted by molar-refractivity contribution is 5.99. The van der Waals surface area contributed by atoms with Gasteiger partial charge in [0, 0.05) is 6.54 Å². The number of carbonyl (C=O) groups excluding carboxylic acids is 1. The molecule has 1 aliphatic rings. The summed E-state index contributed by atoms with van der Waals surface area (Å²) in [6, 6.07) is 14.4. The molecule has 1 amide bonds. The monoisotopic (exact) mass is 487 g/mol. The average molecular weight is 488 g/mol. The number of ether oxygens (including phenoxy) is 2. The highest BCUT2D eigenvalue weighted by Gasteiger charge is 2.42. The van der Waals surface area contributed by atoms with E-state index in [4.69, 9.17) is 13.9 Å². The zero-order valence-corrected chi connectivity index (χ0v) is 20.6. The molecule has 0 unspecified atom stereocenters. The molecule has 1 aromatic heterocycles. The third-order valence-electron chi connectivity index (χ3n) is 6.86. The van der Waals surface area contributed by atoms with Gasteiger partial charge in [-0.2, -0.15) is 0 Å². The van der Waals surface area contributed by atoms with Crippen LogP contribution in [0.25, 0.3) is 11.0 Å². The summed E-state index contributed by atoms with van der Waals surface area (Å²) in [5, 5.41) is 0.429. The molecular weight excluding hydrogens is 461 g/mol. The van der Waals surface area contributed by atoms with Crippen molar-refractivity contribution in [3.8, 4) is 11.5 Å². The van der Waals surface area contributed by atoms with E-state index in [9.17, 15) is 14.0 Å². The van der Waals surface area contributed by atoms with Crippen molar-refractivity contribution in [2.75, 3.05) is 20.8 Å². The lowest BCUT2D eigenvalue weighted by Gasteiger charge is -2.25. The van der Waals surface area contributed by atoms with E-state index >= 15 is 0 Å². The van der Waals surface area contributed by atoms with E-state index in [1.807, 2.05) is 32.0 Å². The van der Waals surface area contributed by atoms with E-state index in [2.05, 4.69) is 0 Å². The van der Waals surface area contributed by atoms with Gasteiger partial charge >= 0.3 is 0 Å². The second-order valence-electron chi connectivity index (χ2n) is 9.00. The van der Waals surface area contributed by atoms with Crippen molar-refractivity contribution < 1.29 is 23.1 Å². The van der Waals surface area contributed by atoms with Gasteiger partial charge in [0.05, 0.1) is 31.2 Å². The maximum Gasteiger partial charge on any atom is 0.290 e. The number of rotatable bonds is 6. The number of carbonyl (C=O) groups is 1. The van der Waals surface area contributed by atoms with Crippen molar-refractivity contribution in [2.45, 2.75) is 26.3 Å². The SMILES string of the molecule is COc1ccc(CCN2C(=O)c3oc4cc(C)c(C)cc4c(=O)c3[C@H]2c2ccc(F)cc2)cc1OC. The van der Waals surface area contributed by atoms with Crippen molar-refractivity contribution in [3.63, 3.8) is 0 Å². The van der Waals surface area contributed by atoms with E-state index in [-0.39, 0.29) is 22.7 Å². The van der Waals surface area contributed by atoms with Gasteiger partial charge in [-0.1, -0.05) is 18.2 Å². The van der Waals surface area contributed by atoms with Gasteiger partial charge in [-0.15, -0.1) is 0 Å². The molecule has 5 rings (SSSR count). The summed E-state index contributed by atoms with van der Waals surface area (Å²) in [5.74, 6) is 0.489. The van der Waals surface area contributed by atoms with E-state index in [1.165, 1.54) is 12.1 Å². The van der Waals surface area contributed by atoms with Crippen LogP contribution in [0.4, 0.5) is 4.39 Å². The Kier molecular flexibility index (Phi) is 6.00. The number of halogens is 1. The highest BCUT2D eigenvalue weighted by atomic mass is 19.1. The topological polar surface area (TPSA) is 69.0 Å². The number of methoxy groups -OCH3 is 2. The van der Waals surface area contributed by atoms with Gasteiger partial charge in [0.15, 0.2) is 16.9 Å². The van der Waals surface area contributed by atoms with Crippen molar-refractivity contribution in [1.82, 2.24) is 4.90 Å². The van der Waals surface area contributed by atoms with Gasteiger partial charge in [0.2, 0.25) is 5.76 Å². The van der Waals surface area contributed by atoms with Crippen LogP contribution >= 0.6 is 0 Å². The van der Waals surface area contributed by atoms with E-state index in [0.29, 0.717) is 41.0 Å². The summed E-state index contributed by atoms with van der Waals surface area (Å²) in [6.45, 7) is 4.18. The van der Waals surface area contributed by atoms with Crippen LogP contribution in [-0.4, -0.2) is 31.6 Å². The second-order valence-corrected chi connectivity index (χ2v) is 9.00. The Hall–Kier alpha value is -4.13. The Labute approximate surface area is 207 Å². The van der Waals surface area contributed by atoms with Crippen LogP contribution in [0.3, 0.4) is 0 Å². The Balaban J connectivity index is 1.60. The molecule has 0 aliphatic carbocycles. The zero-order chi connectivity index (χ0) is 25.6. The number of hydrogen-bond donors (Lipinski definition) is 0. The minimum Gasteiger partial charge on any atom is -0.493 e. The molecule has 0 N–H and O–H groups in total. The molecule has 4 aromatic rings. The minimum absolute atomic E-state index is 0.0392. The Morgan fingerprint density at radius 3 is 2.31 bits per heavy atom. The fraction of sp³-hybridized carbons (Fsp3) is 0.241. The molecule has 0 saturated carbocycles. The van der Waals surface area contributed by atoms with Gasteiger partial charge in [-0.25, -0.2) is 4.39 Å². The van der Waals surface area contributed by atoms with Crippen LogP contribution in [0.1, 0.15) is 44.4 Å². The summed E-state index contributed by atoms with van der Waals surface area (Å²) < 4.78 is 30.5. The van der Waals surface area contributed by atoms with Crippen LogP contribution in [0, 0.1) is 19.7 Å². The summed E-state index contributed by atoms with van der Waals surface area (Å²) in [4.78, 5) is 28.9. The minimum atomic E-state index is -0.685. The van der Waals surface area contributed by atoms with Crippen molar-refractivity contribution >= 4 is 16.9 Å². The number of hydrogen-bond acceptors (Lipinski definition) is 5. The van der Waals surface area contributed by atoms with Crippen molar-refractivity contribution in [3.05, 3.63) is 104 Å². The second kappa shape index (κ2) is 9.15. The number of amides is 1. The van der Waals surface area contributed by atoms with E-state index < -0.39 is 11.9 Å². The lowest BCUT2D eigenvalue weighted by molar-refractivity contribution is 0.0730. The molecule has 0 fully saturated rings. The first-order valence-corrected chi connectivity index (χ1v) is 11.7. The largest absolute Gasteiger partial charge is 0.493 e. The fourth-order valence-electron chi connectivity index (χ4n) is 4.78. The normalized spacial score (nSPS) is 14.9. The van der Waals surface area contributed by atoms with Crippen LogP contribution in [0.5, 0.6) is 11.5 Å². The lowest BCUT2D eigenvalue weighted by Crippen LogP contribution is -2.31. The quantitative estimate of drug-likeness (QED) is 0.367. The van der Waals surface area contributed by atoms with Crippen LogP contribution in [0.15, 0.2) is 63.8 Å². The predicted octanol–water partition coefficient (Wildman–Crippen LogP) is 5.35. The molecule has 184 valence electrons. The molecular formula is C29H26FNO5. The molecule has 2 heterocycles. The summed E-state index contributed by atoms with van der Waals surface area (Å²) in [6.07, 6.45) is 0.504. The Bertz CT molecular complexity index is 1540. The zero-order valence-electron chi connectivity index (χ0n) is 20.6. The molecule has 7 heteroatoms. The Morgan fingerprint density at radius 1 is 0.917 bits per heavy atom. The first-order chi connectivity index (χ1) is 17.3. The summed E-state index contributed by atoms with van der Waals surface area (Å²) >= 11 is 0. The standard InChI is InChI=1S/C29H26FNO5/c1-16-13-21-23(14-17(16)2)36-28-25(27(21)32)26(19-6-8-20(30)9-7-19)31(29(28)33)12-11-18-5-10-22(34-3)24(15-18)35-4/h5-10,13-15,26H,11-12H2,1-4H3/t26-/m1/s1. The third-order valence-corrected chi connectivity index (χ3v) is 6.86.